The third-order valence-electron chi connectivity index (χ3n) is 5.53. The Morgan fingerprint density at radius 3 is 2.46 bits per heavy atom. The van der Waals surface area contributed by atoms with Gasteiger partial charge in [-0.1, -0.05) is 68.7 Å². The van der Waals surface area contributed by atoms with E-state index >= 15 is 0 Å². The van der Waals surface area contributed by atoms with Crippen LogP contribution in [0, 0.1) is 0 Å². The Kier molecular flexibility index (Phi) is 11.1. The van der Waals surface area contributed by atoms with Crippen molar-refractivity contribution in [2.75, 3.05) is 26.7 Å². The van der Waals surface area contributed by atoms with Crippen molar-refractivity contribution in [1.82, 2.24) is 16.0 Å². The summed E-state index contributed by atoms with van der Waals surface area (Å²) in [5.74, 6) is 0. The smallest absolute Gasteiger partial charge is 0.0214 e. The van der Waals surface area contributed by atoms with Crippen molar-refractivity contribution in [2.45, 2.75) is 64.1 Å². The number of nitrogens with one attached hydrogen (secondary N) is 3. The summed E-state index contributed by atoms with van der Waals surface area (Å²) < 4.78 is 0. The van der Waals surface area contributed by atoms with Gasteiger partial charge in [0, 0.05) is 31.7 Å². The summed E-state index contributed by atoms with van der Waals surface area (Å²) in [6.07, 6.45) is 7.28. The van der Waals surface area contributed by atoms with E-state index in [0.29, 0.717) is 18.6 Å². The van der Waals surface area contributed by atoms with Crippen molar-refractivity contribution in [1.29, 1.82) is 0 Å². The van der Waals surface area contributed by atoms with E-state index in [0.717, 1.165) is 26.1 Å². The fourth-order valence-electron chi connectivity index (χ4n) is 3.73. The maximum absolute atomic E-state index is 6.00. The minimum Gasteiger partial charge on any atom is -0.329 e. The first-order chi connectivity index (χ1) is 13.8. The molecular formula is C24H40N4. The molecule has 156 valence electrons. The van der Waals surface area contributed by atoms with Crippen molar-refractivity contribution < 1.29 is 0 Å². The summed E-state index contributed by atoms with van der Waals surface area (Å²) >= 11 is 0. The van der Waals surface area contributed by atoms with Crippen LogP contribution in [-0.4, -0.2) is 38.8 Å². The van der Waals surface area contributed by atoms with Crippen LogP contribution in [-0.2, 0) is 6.54 Å². The maximum atomic E-state index is 6.00. The Morgan fingerprint density at radius 1 is 0.893 bits per heavy atom. The molecule has 0 aromatic heterocycles. The molecule has 0 saturated carbocycles. The van der Waals surface area contributed by atoms with Gasteiger partial charge >= 0.3 is 0 Å². The SMILES string of the molecule is CCCC[C@@H](CN[C@@H](CN)CCCCNC)NCc1cccc2ccccc12. The molecule has 0 fully saturated rings. The Hall–Kier alpha value is -1.46. The first kappa shape index (κ1) is 22.8. The van der Waals surface area contributed by atoms with E-state index in [1.54, 1.807) is 0 Å². The molecule has 0 amide bonds. The predicted molar refractivity (Wildman–Crippen MR) is 123 cm³/mol. The lowest BCUT2D eigenvalue weighted by Gasteiger charge is -2.24. The molecule has 2 aromatic rings. The van der Waals surface area contributed by atoms with Crippen LogP contribution >= 0.6 is 0 Å². The fourth-order valence-corrected chi connectivity index (χ4v) is 3.73. The number of benzene rings is 2. The van der Waals surface area contributed by atoms with Gasteiger partial charge in [0.25, 0.3) is 0 Å². The van der Waals surface area contributed by atoms with Gasteiger partial charge in [0.1, 0.15) is 0 Å². The highest BCUT2D eigenvalue weighted by atomic mass is 15.0. The van der Waals surface area contributed by atoms with E-state index in [4.69, 9.17) is 5.73 Å². The Morgan fingerprint density at radius 2 is 1.68 bits per heavy atom. The molecule has 4 nitrogen and oxygen atoms in total. The molecule has 0 saturated heterocycles. The zero-order chi connectivity index (χ0) is 20.0. The molecule has 0 heterocycles. The molecule has 0 aliphatic rings. The van der Waals surface area contributed by atoms with Crippen LogP contribution in [0.4, 0.5) is 0 Å². The summed E-state index contributed by atoms with van der Waals surface area (Å²) in [5, 5.41) is 13.4. The van der Waals surface area contributed by atoms with Gasteiger partial charge in [-0.3, -0.25) is 0 Å². The van der Waals surface area contributed by atoms with E-state index in [2.05, 4.69) is 65.3 Å². The average molecular weight is 385 g/mol. The van der Waals surface area contributed by atoms with Crippen molar-refractivity contribution in [3.63, 3.8) is 0 Å². The molecule has 0 spiro atoms. The molecule has 4 heteroatoms. The van der Waals surface area contributed by atoms with Crippen LogP contribution in [0.25, 0.3) is 10.8 Å². The van der Waals surface area contributed by atoms with Crippen LogP contribution in [0.5, 0.6) is 0 Å². The Bertz CT molecular complexity index is 653. The van der Waals surface area contributed by atoms with Crippen molar-refractivity contribution in [3.05, 3.63) is 48.0 Å². The van der Waals surface area contributed by atoms with Crippen molar-refractivity contribution in [2.24, 2.45) is 5.73 Å². The van der Waals surface area contributed by atoms with Gasteiger partial charge in [0.15, 0.2) is 0 Å². The molecule has 0 radical (unpaired) electrons. The lowest BCUT2D eigenvalue weighted by Crippen LogP contribution is -2.45. The lowest BCUT2D eigenvalue weighted by molar-refractivity contribution is 0.390. The van der Waals surface area contributed by atoms with Gasteiger partial charge in [-0.15, -0.1) is 0 Å². The van der Waals surface area contributed by atoms with Gasteiger partial charge in [-0.25, -0.2) is 0 Å². The highest BCUT2D eigenvalue weighted by Gasteiger charge is 2.12. The summed E-state index contributed by atoms with van der Waals surface area (Å²) in [6, 6.07) is 16.1. The Labute approximate surface area is 171 Å². The molecule has 0 bridgehead atoms. The second-order valence-corrected chi connectivity index (χ2v) is 7.80. The average Bonchev–Trinajstić information content (AvgIpc) is 2.74. The van der Waals surface area contributed by atoms with E-state index in [9.17, 15) is 0 Å². The first-order valence-corrected chi connectivity index (χ1v) is 11.1. The van der Waals surface area contributed by atoms with Crippen LogP contribution < -0.4 is 21.7 Å². The largest absolute Gasteiger partial charge is 0.329 e. The number of nitrogens with two attached hydrogens (primary N) is 1. The third kappa shape index (κ3) is 7.88. The quantitative estimate of drug-likeness (QED) is 0.353. The molecule has 0 aliphatic heterocycles. The monoisotopic (exact) mass is 384 g/mol. The van der Waals surface area contributed by atoms with E-state index in [1.165, 1.54) is 48.4 Å². The van der Waals surface area contributed by atoms with Crippen LogP contribution in [0.15, 0.2) is 42.5 Å². The summed E-state index contributed by atoms with van der Waals surface area (Å²) in [5.41, 5.74) is 7.38. The third-order valence-corrected chi connectivity index (χ3v) is 5.53. The predicted octanol–water partition coefficient (Wildman–Crippen LogP) is 3.79. The summed E-state index contributed by atoms with van der Waals surface area (Å²) in [6.45, 7) is 5.96. The molecule has 2 aromatic carbocycles. The fraction of sp³-hybridized carbons (Fsp3) is 0.583. The van der Waals surface area contributed by atoms with Crippen molar-refractivity contribution in [3.8, 4) is 0 Å². The van der Waals surface area contributed by atoms with Gasteiger partial charge in [0.05, 0.1) is 0 Å². The number of rotatable bonds is 15. The van der Waals surface area contributed by atoms with Crippen molar-refractivity contribution >= 4 is 10.8 Å². The van der Waals surface area contributed by atoms with Crippen LogP contribution in [0.2, 0.25) is 0 Å². The number of hydrogen-bond donors (Lipinski definition) is 4. The molecule has 0 aliphatic carbocycles. The van der Waals surface area contributed by atoms with Gasteiger partial charge in [-0.2, -0.15) is 0 Å². The van der Waals surface area contributed by atoms with Crippen LogP contribution in [0.1, 0.15) is 51.0 Å². The minimum absolute atomic E-state index is 0.417. The Balaban J connectivity index is 1.87. The number of hydrogen-bond acceptors (Lipinski definition) is 4. The second kappa shape index (κ2) is 13.7. The van der Waals surface area contributed by atoms with E-state index < -0.39 is 0 Å². The molecular weight excluding hydrogens is 344 g/mol. The van der Waals surface area contributed by atoms with Crippen LogP contribution in [0.3, 0.4) is 0 Å². The van der Waals surface area contributed by atoms with E-state index in [1.807, 2.05) is 7.05 Å². The molecule has 28 heavy (non-hydrogen) atoms. The van der Waals surface area contributed by atoms with E-state index in [-0.39, 0.29) is 0 Å². The second-order valence-electron chi connectivity index (χ2n) is 7.80. The molecule has 0 unspecified atom stereocenters. The lowest BCUT2D eigenvalue weighted by atomic mass is 10.0. The zero-order valence-corrected chi connectivity index (χ0v) is 17.8. The number of unbranched alkanes of at least 4 members (excludes halogenated alkanes) is 2. The zero-order valence-electron chi connectivity index (χ0n) is 17.8. The normalized spacial score (nSPS) is 13.7. The minimum atomic E-state index is 0.417. The first-order valence-electron chi connectivity index (χ1n) is 11.1. The molecule has 2 atom stereocenters. The maximum Gasteiger partial charge on any atom is 0.0214 e. The highest BCUT2D eigenvalue weighted by Crippen LogP contribution is 2.18. The summed E-state index contributed by atoms with van der Waals surface area (Å²) in [4.78, 5) is 0. The van der Waals surface area contributed by atoms with Gasteiger partial charge < -0.3 is 21.7 Å². The molecule has 2 rings (SSSR count). The highest BCUT2D eigenvalue weighted by molar-refractivity contribution is 5.85. The van der Waals surface area contributed by atoms with Gasteiger partial charge in [-0.05, 0) is 49.2 Å². The standard InChI is InChI=1S/C24H40N4/c1-3-4-13-23(19-28-22(17-25)14-7-8-16-26-2)27-18-21-12-9-11-20-10-5-6-15-24(20)21/h5-6,9-12,15,22-23,26-28H,3-4,7-8,13-14,16-19,25H2,1-2H3/t22-,23+/m1/s1. The van der Waals surface area contributed by atoms with Gasteiger partial charge in [0.2, 0.25) is 0 Å². The molecule has 5 N–H and O–H groups in total. The summed E-state index contributed by atoms with van der Waals surface area (Å²) in [7, 11) is 2.01. The number of fused-ring (bicyclic) bond motifs is 1. The topological polar surface area (TPSA) is 62.1 Å².